The lowest BCUT2D eigenvalue weighted by atomic mass is 10.0. The number of ether oxygens (including phenoxy) is 2. The van der Waals surface area contributed by atoms with Crippen LogP contribution in [0, 0.1) is 0 Å². The van der Waals surface area contributed by atoms with E-state index in [9.17, 15) is 43.5 Å². The molecule has 0 aromatic heterocycles. The molecule has 0 aliphatic carbocycles. The second-order valence-electron chi connectivity index (χ2n) is 15.1. The fraction of sp³-hybridized carbons (Fsp3) is 0.762. The third-order valence-corrected chi connectivity index (χ3v) is 9.48. The maximum Gasteiger partial charge on any atom is 0.326 e. The van der Waals surface area contributed by atoms with E-state index in [1.54, 1.807) is 6.92 Å². The zero-order chi connectivity index (χ0) is 44.3. The minimum atomic E-state index is -1.21. The molecule has 59 heavy (non-hydrogen) atoms. The number of unbranched alkanes of at least 4 members (excludes halogenated alkanes) is 13. The van der Waals surface area contributed by atoms with Crippen LogP contribution in [0.1, 0.15) is 155 Å². The zero-order valence-corrected chi connectivity index (χ0v) is 35.5. The number of aliphatic carboxylic acids is 3. The van der Waals surface area contributed by atoms with Crippen LogP contribution >= 0.6 is 0 Å². The van der Waals surface area contributed by atoms with Crippen LogP contribution in [-0.4, -0.2) is 114 Å². The van der Waals surface area contributed by atoms with Crippen molar-refractivity contribution in [3.63, 3.8) is 0 Å². The number of amides is 4. The Bertz CT molecular complexity index is 1290. The molecule has 0 aliphatic rings. The van der Waals surface area contributed by atoms with Gasteiger partial charge in [0, 0.05) is 32.2 Å². The molecule has 0 heterocycles. The Labute approximate surface area is 349 Å². The van der Waals surface area contributed by atoms with Crippen molar-refractivity contribution >= 4 is 47.3 Å². The standard InChI is InChI=1S/C42H72N4O13/c1-31(2)20-21-33(32(3)47)46-41(55)34(23-25-40(53)54)44-38(50)30-59-29-28-58-27-26-43-36(48)24-22-35(42(56)57)45-37(49)18-16-14-12-10-8-6-4-5-7-9-11-13-15-17-19-39(51)52/h33-35H,1,4-30H2,2-3H3,(H,43,48)(H,44,50)(H,45,49)(H,46,55)(H,51,52)(H,53,54)(H,56,57)/t33-,34-,35-/m0/s1. The van der Waals surface area contributed by atoms with Crippen molar-refractivity contribution in [1.29, 1.82) is 0 Å². The lowest BCUT2D eigenvalue weighted by molar-refractivity contribution is -0.142. The second kappa shape index (κ2) is 35.6. The summed E-state index contributed by atoms with van der Waals surface area (Å²) in [5.74, 6) is -5.48. The van der Waals surface area contributed by atoms with Gasteiger partial charge in [-0.15, -0.1) is 6.58 Å². The van der Waals surface area contributed by atoms with Gasteiger partial charge in [0.1, 0.15) is 18.7 Å². The molecule has 0 radical (unpaired) electrons. The zero-order valence-electron chi connectivity index (χ0n) is 35.5. The average Bonchev–Trinajstić information content (AvgIpc) is 3.16. The molecule has 338 valence electrons. The van der Waals surface area contributed by atoms with E-state index in [2.05, 4.69) is 27.8 Å². The molecule has 0 aromatic carbocycles. The van der Waals surface area contributed by atoms with Crippen molar-refractivity contribution in [2.45, 2.75) is 173 Å². The third kappa shape index (κ3) is 34.2. The molecule has 0 spiro atoms. The number of ketones is 1. The number of allylic oxidation sites excluding steroid dienone is 1. The fourth-order valence-electron chi connectivity index (χ4n) is 6.03. The molecular formula is C42H72N4O13. The molecule has 0 unspecified atom stereocenters. The Hall–Kier alpha value is -4.38. The van der Waals surface area contributed by atoms with Crippen LogP contribution in [-0.2, 0) is 47.8 Å². The van der Waals surface area contributed by atoms with E-state index >= 15 is 0 Å². The number of carbonyl (C=O) groups excluding carboxylic acids is 5. The minimum Gasteiger partial charge on any atom is -0.481 e. The Morgan fingerprint density at radius 1 is 0.492 bits per heavy atom. The molecule has 0 saturated heterocycles. The quantitative estimate of drug-likeness (QED) is 0.0329. The topological polar surface area (TPSA) is 264 Å². The molecule has 0 aromatic rings. The molecule has 0 bridgehead atoms. The minimum absolute atomic E-state index is 0.00323. The van der Waals surface area contributed by atoms with Crippen molar-refractivity contribution in [1.82, 2.24) is 21.3 Å². The number of nitrogens with one attached hydrogen (secondary N) is 4. The summed E-state index contributed by atoms with van der Waals surface area (Å²) in [6.45, 7) is 6.79. The normalized spacial score (nSPS) is 12.4. The largest absolute Gasteiger partial charge is 0.481 e. The molecule has 0 saturated carbocycles. The van der Waals surface area contributed by atoms with E-state index in [4.69, 9.17) is 19.7 Å². The third-order valence-electron chi connectivity index (χ3n) is 9.48. The van der Waals surface area contributed by atoms with Crippen molar-refractivity contribution in [2.75, 3.05) is 33.0 Å². The first-order valence-electron chi connectivity index (χ1n) is 21.2. The Kier molecular flexibility index (Phi) is 32.9. The van der Waals surface area contributed by atoms with Gasteiger partial charge in [-0.2, -0.15) is 0 Å². The van der Waals surface area contributed by atoms with E-state index in [0.717, 1.165) is 50.5 Å². The highest BCUT2D eigenvalue weighted by Crippen LogP contribution is 2.14. The van der Waals surface area contributed by atoms with Gasteiger partial charge in [0.15, 0.2) is 5.78 Å². The van der Waals surface area contributed by atoms with Crippen LogP contribution < -0.4 is 21.3 Å². The molecule has 0 rings (SSSR count). The first kappa shape index (κ1) is 54.6. The molecule has 17 heteroatoms. The van der Waals surface area contributed by atoms with E-state index in [-0.39, 0.29) is 76.6 Å². The summed E-state index contributed by atoms with van der Waals surface area (Å²) < 4.78 is 10.7. The first-order chi connectivity index (χ1) is 28.1. The van der Waals surface area contributed by atoms with E-state index in [0.29, 0.717) is 19.3 Å². The van der Waals surface area contributed by atoms with Crippen molar-refractivity contribution in [3.05, 3.63) is 12.2 Å². The maximum absolute atomic E-state index is 12.8. The van der Waals surface area contributed by atoms with Gasteiger partial charge >= 0.3 is 17.9 Å². The Balaban J connectivity index is 4.11. The molecule has 0 fully saturated rings. The summed E-state index contributed by atoms with van der Waals surface area (Å²) >= 11 is 0. The number of carboxylic acid groups (broad SMARTS) is 3. The van der Waals surface area contributed by atoms with E-state index < -0.39 is 60.4 Å². The fourth-order valence-corrected chi connectivity index (χ4v) is 6.03. The first-order valence-corrected chi connectivity index (χ1v) is 21.2. The molecule has 4 amide bonds. The number of hydrogen-bond donors (Lipinski definition) is 7. The van der Waals surface area contributed by atoms with Crippen LogP contribution in [0.3, 0.4) is 0 Å². The summed E-state index contributed by atoms with van der Waals surface area (Å²) in [6, 6.07) is -3.18. The highest BCUT2D eigenvalue weighted by atomic mass is 16.5. The highest BCUT2D eigenvalue weighted by Gasteiger charge is 2.26. The lowest BCUT2D eigenvalue weighted by Crippen LogP contribution is -2.52. The van der Waals surface area contributed by atoms with Gasteiger partial charge in [-0.3, -0.25) is 33.6 Å². The van der Waals surface area contributed by atoms with Gasteiger partial charge in [-0.1, -0.05) is 82.6 Å². The number of hydrogen-bond acceptors (Lipinski definition) is 10. The predicted molar refractivity (Wildman–Crippen MR) is 220 cm³/mol. The van der Waals surface area contributed by atoms with Crippen LogP contribution in [0.15, 0.2) is 12.2 Å². The van der Waals surface area contributed by atoms with Crippen molar-refractivity contribution in [3.8, 4) is 0 Å². The summed E-state index contributed by atoms with van der Waals surface area (Å²) in [6.07, 6.45) is 15.4. The second-order valence-corrected chi connectivity index (χ2v) is 15.1. The highest BCUT2D eigenvalue weighted by molar-refractivity contribution is 5.92. The summed E-state index contributed by atoms with van der Waals surface area (Å²) in [4.78, 5) is 95.1. The average molecular weight is 841 g/mol. The van der Waals surface area contributed by atoms with Crippen LogP contribution in [0.25, 0.3) is 0 Å². The summed E-state index contributed by atoms with van der Waals surface area (Å²) in [5, 5.41) is 37.4. The molecular weight excluding hydrogens is 768 g/mol. The van der Waals surface area contributed by atoms with Gasteiger partial charge in [0.05, 0.1) is 25.9 Å². The van der Waals surface area contributed by atoms with Crippen LogP contribution in [0.2, 0.25) is 0 Å². The predicted octanol–water partition coefficient (Wildman–Crippen LogP) is 4.59. The SMILES string of the molecule is C=C(C)CC[C@H](NC(=O)[C@H](CCC(=O)O)NC(=O)COCCOCCNC(=O)CC[C@H](NC(=O)CCCCCCCCCCCCCCCCC(=O)O)C(=O)O)C(C)=O. The van der Waals surface area contributed by atoms with Crippen molar-refractivity contribution in [2.24, 2.45) is 0 Å². The van der Waals surface area contributed by atoms with Gasteiger partial charge in [-0.05, 0) is 52.4 Å². The summed E-state index contributed by atoms with van der Waals surface area (Å²) in [5.41, 5.74) is 0.829. The number of carboxylic acids is 3. The molecule has 17 nitrogen and oxygen atoms in total. The van der Waals surface area contributed by atoms with Crippen LogP contribution in [0.4, 0.5) is 0 Å². The molecule has 0 aliphatic heterocycles. The Morgan fingerprint density at radius 2 is 0.966 bits per heavy atom. The van der Waals surface area contributed by atoms with Gasteiger partial charge in [0.2, 0.25) is 23.6 Å². The number of Topliss-reactive ketones (excluding diaryl/α,β-unsaturated/α-hetero) is 1. The molecule has 3 atom stereocenters. The lowest BCUT2D eigenvalue weighted by Gasteiger charge is -2.22. The monoisotopic (exact) mass is 841 g/mol. The molecule has 7 N–H and O–H groups in total. The number of rotatable bonds is 40. The van der Waals surface area contributed by atoms with Gasteiger partial charge < -0.3 is 46.1 Å². The smallest absolute Gasteiger partial charge is 0.326 e. The van der Waals surface area contributed by atoms with Crippen molar-refractivity contribution < 1.29 is 63.1 Å². The van der Waals surface area contributed by atoms with Gasteiger partial charge in [0.25, 0.3) is 0 Å². The number of carbonyl (C=O) groups is 8. The Morgan fingerprint density at radius 3 is 1.47 bits per heavy atom. The van der Waals surface area contributed by atoms with Crippen LogP contribution in [0.5, 0.6) is 0 Å². The van der Waals surface area contributed by atoms with Gasteiger partial charge in [-0.25, -0.2) is 4.79 Å². The summed E-state index contributed by atoms with van der Waals surface area (Å²) in [7, 11) is 0. The van der Waals surface area contributed by atoms with E-state index in [1.165, 1.54) is 45.4 Å². The maximum atomic E-state index is 12.8. The van der Waals surface area contributed by atoms with E-state index in [1.807, 2.05) is 0 Å².